The molecule has 9 rings (SSSR count). The lowest BCUT2D eigenvalue weighted by molar-refractivity contribution is 0.302. The molecule has 0 fully saturated rings. The van der Waals surface area contributed by atoms with Crippen LogP contribution in [0.5, 0.6) is 5.75 Å². The molecular formula is C46H31N3O. The van der Waals surface area contributed by atoms with Crippen molar-refractivity contribution in [3.8, 4) is 84.4 Å². The second-order valence-electron chi connectivity index (χ2n) is 12.4. The number of ether oxygens (including phenoxy) is 1. The molecule has 0 spiro atoms. The Morgan fingerprint density at radius 2 is 0.780 bits per heavy atom. The SMILES string of the molecule is c1ccc(-c2ccc(-c3nc(-c4ccc(-c5cccc6c5-c5ccccc5CO6)cc4)nc(-c4ccccc4-c4ccccc4)n3)cc2)cc1. The summed E-state index contributed by atoms with van der Waals surface area (Å²) < 4.78 is 6.16. The van der Waals surface area contributed by atoms with E-state index < -0.39 is 0 Å². The van der Waals surface area contributed by atoms with E-state index >= 15 is 0 Å². The van der Waals surface area contributed by atoms with Gasteiger partial charge in [0.15, 0.2) is 17.5 Å². The molecule has 0 radical (unpaired) electrons. The Bertz CT molecular complexity index is 2460. The highest BCUT2D eigenvalue weighted by Crippen LogP contribution is 2.44. The van der Waals surface area contributed by atoms with Gasteiger partial charge in [0.2, 0.25) is 0 Å². The summed E-state index contributed by atoms with van der Waals surface area (Å²) in [5, 5.41) is 0. The molecule has 1 aliphatic rings. The lowest BCUT2D eigenvalue weighted by Gasteiger charge is -2.23. The van der Waals surface area contributed by atoms with Crippen molar-refractivity contribution in [2.24, 2.45) is 0 Å². The summed E-state index contributed by atoms with van der Waals surface area (Å²) in [5.74, 6) is 2.79. The summed E-state index contributed by atoms with van der Waals surface area (Å²) in [4.78, 5) is 15.3. The zero-order valence-corrected chi connectivity index (χ0v) is 27.2. The van der Waals surface area contributed by atoms with Crippen LogP contribution < -0.4 is 4.74 Å². The van der Waals surface area contributed by atoms with Crippen molar-refractivity contribution in [2.75, 3.05) is 0 Å². The topological polar surface area (TPSA) is 47.9 Å². The van der Waals surface area contributed by atoms with Crippen molar-refractivity contribution < 1.29 is 4.74 Å². The average Bonchev–Trinajstić information content (AvgIpc) is 3.21. The summed E-state index contributed by atoms with van der Waals surface area (Å²) in [7, 11) is 0. The zero-order chi connectivity index (χ0) is 33.3. The third kappa shape index (κ3) is 5.53. The lowest BCUT2D eigenvalue weighted by atomic mass is 9.89. The molecule has 7 aromatic carbocycles. The Balaban J connectivity index is 1.15. The number of benzene rings is 7. The smallest absolute Gasteiger partial charge is 0.164 e. The van der Waals surface area contributed by atoms with Crippen LogP contribution in [-0.4, -0.2) is 15.0 Å². The summed E-state index contributed by atoms with van der Waals surface area (Å²) in [6.45, 7) is 0.581. The third-order valence-electron chi connectivity index (χ3n) is 9.29. The summed E-state index contributed by atoms with van der Waals surface area (Å²) in [5.41, 5.74) is 13.1. The van der Waals surface area contributed by atoms with E-state index in [1.165, 1.54) is 16.7 Å². The van der Waals surface area contributed by atoms with Crippen molar-refractivity contribution >= 4 is 0 Å². The maximum absolute atomic E-state index is 6.16. The molecule has 1 aromatic heterocycles. The minimum atomic E-state index is 0.581. The van der Waals surface area contributed by atoms with Gasteiger partial charge in [0.1, 0.15) is 12.4 Å². The van der Waals surface area contributed by atoms with E-state index in [9.17, 15) is 0 Å². The summed E-state index contributed by atoms with van der Waals surface area (Å²) >= 11 is 0. The van der Waals surface area contributed by atoms with Gasteiger partial charge in [-0.25, -0.2) is 15.0 Å². The third-order valence-corrected chi connectivity index (χ3v) is 9.29. The van der Waals surface area contributed by atoms with Crippen LogP contribution in [-0.2, 0) is 6.61 Å². The molecule has 0 N–H and O–H groups in total. The molecular weight excluding hydrogens is 611 g/mol. The number of nitrogens with zero attached hydrogens (tertiary/aromatic N) is 3. The standard InChI is InChI=1S/C46H31N3O/c1-3-12-31(13-4-1)32-22-26-35(27-23-32)44-47-45(49-46(48-44)41-19-10-9-17-38(41)33-14-5-2-6-15-33)36-28-24-34(25-29-36)39-20-11-21-42-43(39)40-18-8-7-16-37(40)30-50-42/h1-29H,30H2. The second-order valence-corrected chi connectivity index (χ2v) is 12.4. The highest BCUT2D eigenvalue weighted by atomic mass is 16.5. The maximum atomic E-state index is 6.16. The van der Waals surface area contributed by atoms with Gasteiger partial charge in [-0.1, -0.05) is 170 Å². The van der Waals surface area contributed by atoms with E-state index in [0.717, 1.165) is 55.8 Å². The molecule has 0 atom stereocenters. The van der Waals surface area contributed by atoms with Crippen LogP contribution in [0.4, 0.5) is 0 Å². The molecule has 0 unspecified atom stereocenters. The molecule has 236 valence electrons. The molecule has 8 aromatic rings. The zero-order valence-electron chi connectivity index (χ0n) is 27.2. The molecule has 0 saturated heterocycles. The molecule has 2 heterocycles. The highest BCUT2D eigenvalue weighted by molar-refractivity contribution is 5.90. The monoisotopic (exact) mass is 641 g/mol. The quantitative estimate of drug-likeness (QED) is 0.181. The molecule has 0 aliphatic carbocycles. The minimum absolute atomic E-state index is 0.581. The fourth-order valence-electron chi connectivity index (χ4n) is 6.76. The molecule has 4 heteroatoms. The van der Waals surface area contributed by atoms with Crippen molar-refractivity contribution in [1.82, 2.24) is 15.0 Å². The fourth-order valence-corrected chi connectivity index (χ4v) is 6.76. The van der Waals surface area contributed by atoms with Gasteiger partial charge in [-0.3, -0.25) is 0 Å². The highest BCUT2D eigenvalue weighted by Gasteiger charge is 2.21. The van der Waals surface area contributed by atoms with Crippen molar-refractivity contribution in [2.45, 2.75) is 6.61 Å². The summed E-state index contributed by atoms with van der Waals surface area (Å²) in [6, 6.07) is 60.8. The average molecular weight is 642 g/mol. The predicted molar refractivity (Wildman–Crippen MR) is 202 cm³/mol. The van der Waals surface area contributed by atoms with Gasteiger partial charge in [0, 0.05) is 22.3 Å². The van der Waals surface area contributed by atoms with E-state index in [4.69, 9.17) is 19.7 Å². The first-order valence-electron chi connectivity index (χ1n) is 16.8. The predicted octanol–water partition coefficient (Wildman–Crippen LogP) is 11.4. The Kier molecular flexibility index (Phi) is 7.52. The molecule has 0 bridgehead atoms. The van der Waals surface area contributed by atoms with Crippen LogP contribution in [0.15, 0.2) is 176 Å². The largest absolute Gasteiger partial charge is 0.488 e. The molecule has 50 heavy (non-hydrogen) atoms. The number of fused-ring (bicyclic) bond motifs is 3. The first-order valence-corrected chi connectivity index (χ1v) is 16.8. The first-order chi connectivity index (χ1) is 24.8. The van der Waals surface area contributed by atoms with Crippen LogP contribution in [0, 0.1) is 0 Å². The second kappa shape index (κ2) is 12.8. The van der Waals surface area contributed by atoms with Gasteiger partial charge in [0.25, 0.3) is 0 Å². The number of aromatic nitrogens is 3. The van der Waals surface area contributed by atoms with E-state index in [1.54, 1.807) is 0 Å². The number of rotatable bonds is 6. The molecule has 1 aliphatic heterocycles. The van der Waals surface area contributed by atoms with Crippen molar-refractivity contribution in [3.05, 3.63) is 181 Å². The van der Waals surface area contributed by atoms with Crippen LogP contribution >= 0.6 is 0 Å². The van der Waals surface area contributed by atoms with Gasteiger partial charge < -0.3 is 4.74 Å². The fraction of sp³-hybridized carbons (Fsp3) is 0.0217. The van der Waals surface area contributed by atoms with Gasteiger partial charge in [-0.05, 0) is 50.6 Å². The minimum Gasteiger partial charge on any atom is -0.488 e. The van der Waals surface area contributed by atoms with E-state index in [-0.39, 0.29) is 0 Å². The Morgan fingerprint density at radius 1 is 0.320 bits per heavy atom. The van der Waals surface area contributed by atoms with Crippen LogP contribution in [0.25, 0.3) is 78.7 Å². The summed E-state index contributed by atoms with van der Waals surface area (Å²) in [6.07, 6.45) is 0. The first kappa shape index (κ1) is 29.5. The van der Waals surface area contributed by atoms with Crippen LogP contribution in [0.1, 0.15) is 5.56 Å². The van der Waals surface area contributed by atoms with Crippen molar-refractivity contribution in [3.63, 3.8) is 0 Å². The Labute approximate surface area is 291 Å². The molecule has 0 amide bonds. The number of hydrogen-bond donors (Lipinski definition) is 0. The van der Waals surface area contributed by atoms with Gasteiger partial charge in [0.05, 0.1) is 0 Å². The lowest BCUT2D eigenvalue weighted by Crippen LogP contribution is -2.06. The van der Waals surface area contributed by atoms with Gasteiger partial charge >= 0.3 is 0 Å². The van der Waals surface area contributed by atoms with Gasteiger partial charge in [-0.2, -0.15) is 0 Å². The molecule has 4 nitrogen and oxygen atoms in total. The van der Waals surface area contributed by atoms with Gasteiger partial charge in [-0.15, -0.1) is 0 Å². The van der Waals surface area contributed by atoms with E-state index in [0.29, 0.717) is 24.1 Å². The van der Waals surface area contributed by atoms with E-state index in [1.807, 2.05) is 18.2 Å². The maximum Gasteiger partial charge on any atom is 0.164 e. The van der Waals surface area contributed by atoms with Crippen molar-refractivity contribution in [1.29, 1.82) is 0 Å². The van der Waals surface area contributed by atoms with E-state index in [2.05, 4.69) is 158 Å². The molecule has 0 saturated carbocycles. The Hall–Kier alpha value is -6.65. The normalized spacial score (nSPS) is 11.7. The Morgan fingerprint density at radius 3 is 1.46 bits per heavy atom. The van der Waals surface area contributed by atoms with Crippen LogP contribution in [0.2, 0.25) is 0 Å². The van der Waals surface area contributed by atoms with Crippen LogP contribution in [0.3, 0.4) is 0 Å². The number of hydrogen-bond acceptors (Lipinski definition) is 4.